The van der Waals surface area contributed by atoms with E-state index in [2.05, 4.69) is 24.3 Å². The molecule has 1 saturated heterocycles. The van der Waals surface area contributed by atoms with Gasteiger partial charge in [-0.2, -0.15) is 0 Å². The average molecular weight is 355 g/mol. The molecule has 138 valence electrons. The second-order valence-corrected chi connectivity index (χ2v) is 7.93. The Morgan fingerprint density at radius 1 is 1.15 bits per heavy atom. The fourth-order valence-corrected chi connectivity index (χ4v) is 3.61. The number of fused-ring (bicyclic) bond motifs is 1. The van der Waals surface area contributed by atoms with E-state index in [9.17, 15) is 14.7 Å². The maximum Gasteiger partial charge on any atom is 0.411 e. The van der Waals surface area contributed by atoms with E-state index in [1.165, 1.54) is 21.2 Å². The van der Waals surface area contributed by atoms with Crippen molar-refractivity contribution in [1.29, 1.82) is 0 Å². The van der Waals surface area contributed by atoms with Gasteiger partial charge in [0.1, 0.15) is 11.6 Å². The van der Waals surface area contributed by atoms with E-state index in [1.807, 2.05) is 18.2 Å². The number of carboxylic acids is 1. The van der Waals surface area contributed by atoms with Gasteiger partial charge >= 0.3 is 12.1 Å². The number of hydrogen-bond donors (Lipinski definition) is 1. The Balaban J connectivity index is 1.79. The highest BCUT2D eigenvalue weighted by molar-refractivity contribution is 5.86. The van der Waals surface area contributed by atoms with Crippen LogP contribution in [-0.4, -0.2) is 40.3 Å². The summed E-state index contributed by atoms with van der Waals surface area (Å²) >= 11 is 0. The smallest absolute Gasteiger partial charge is 0.411 e. The third-order valence-corrected chi connectivity index (χ3v) is 4.69. The van der Waals surface area contributed by atoms with Crippen LogP contribution in [0.1, 0.15) is 32.8 Å². The molecule has 1 amide bonds. The van der Waals surface area contributed by atoms with Crippen LogP contribution in [-0.2, 0) is 16.0 Å². The maximum absolute atomic E-state index is 12.4. The van der Waals surface area contributed by atoms with Gasteiger partial charge in [0.2, 0.25) is 0 Å². The molecule has 5 heteroatoms. The second kappa shape index (κ2) is 6.98. The van der Waals surface area contributed by atoms with Crippen LogP contribution in [0.15, 0.2) is 42.5 Å². The minimum absolute atomic E-state index is 0.0921. The van der Waals surface area contributed by atoms with Crippen molar-refractivity contribution in [2.24, 2.45) is 5.92 Å². The molecule has 3 rings (SSSR count). The summed E-state index contributed by atoms with van der Waals surface area (Å²) in [6.45, 7) is 5.74. The highest BCUT2D eigenvalue weighted by Gasteiger charge is 2.41. The van der Waals surface area contributed by atoms with E-state index in [1.54, 1.807) is 20.8 Å². The molecule has 0 radical (unpaired) electrons. The molecule has 1 aliphatic rings. The van der Waals surface area contributed by atoms with Crippen molar-refractivity contribution in [1.82, 2.24) is 4.90 Å². The van der Waals surface area contributed by atoms with Crippen LogP contribution in [0.4, 0.5) is 4.79 Å². The third-order valence-electron chi connectivity index (χ3n) is 4.69. The Hall–Kier alpha value is -2.56. The minimum Gasteiger partial charge on any atom is -0.480 e. The molecule has 0 saturated carbocycles. The van der Waals surface area contributed by atoms with E-state index in [0.717, 1.165) is 6.42 Å². The molecule has 1 N–H and O–H groups in total. The molecule has 1 heterocycles. The van der Waals surface area contributed by atoms with Gasteiger partial charge in [-0.05, 0) is 55.9 Å². The Labute approximate surface area is 153 Å². The summed E-state index contributed by atoms with van der Waals surface area (Å²) in [6, 6.07) is 13.5. The Bertz CT molecular complexity index is 819. The SMILES string of the molecule is CC(C)(C)OC(=O)N1C[C@@H](Cc2cccc3ccccc23)C[C@@H]1C(=O)O. The lowest BCUT2D eigenvalue weighted by molar-refractivity contribution is -0.142. The van der Waals surface area contributed by atoms with Crippen LogP contribution in [0.3, 0.4) is 0 Å². The summed E-state index contributed by atoms with van der Waals surface area (Å²) in [5.41, 5.74) is 0.539. The summed E-state index contributed by atoms with van der Waals surface area (Å²) in [6.07, 6.45) is 0.632. The van der Waals surface area contributed by atoms with E-state index in [-0.39, 0.29) is 5.92 Å². The van der Waals surface area contributed by atoms with Gasteiger partial charge in [0.15, 0.2) is 0 Å². The molecule has 0 unspecified atom stereocenters. The maximum atomic E-state index is 12.4. The van der Waals surface area contributed by atoms with Gasteiger partial charge in [-0.3, -0.25) is 4.90 Å². The number of rotatable bonds is 3. The van der Waals surface area contributed by atoms with Crippen molar-refractivity contribution >= 4 is 22.8 Å². The van der Waals surface area contributed by atoms with Crippen molar-refractivity contribution in [3.8, 4) is 0 Å². The molecule has 5 nitrogen and oxygen atoms in total. The first-order chi connectivity index (χ1) is 12.2. The number of carbonyl (C=O) groups is 2. The zero-order valence-electron chi connectivity index (χ0n) is 15.4. The first-order valence-electron chi connectivity index (χ1n) is 8.93. The minimum atomic E-state index is -0.976. The average Bonchev–Trinajstić information content (AvgIpc) is 2.98. The van der Waals surface area contributed by atoms with Crippen LogP contribution < -0.4 is 0 Å². The van der Waals surface area contributed by atoms with Gasteiger partial charge in [0.05, 0.1) is 0 Å². The van der Waals surface area contributed by atoms with Gasteiger partial charge < -0.3 is 9.84 Å². The summed E-state index contributed by atoms with van der Waals surface area (Å²) in [7, 11) is 0. The molecule has 0 bridgehead atoms. The quantitative estimate of drug-likeness (QED) is 0.900. The topological polar surface area (TPSA) is 66.8 Å². The van der Waals surface area contributed by atoms with Crippen LogP contribution in [0.2, 0.25) is 0 Å². The summed E-state index contributed by atoms with van der Waals surface area (Å²) in [4.78, 5) is 25.4. The lowest BCUT2D eigenvalue weighted by Crippen LogP contribution is -2.43. The molecule has 1 aliphatic heterocycles. The fraction of sp³-hybridized carbons (Fsp3) is 0.429. The number of ether oxygens (including phenoxy) is 1. The predicted molar refractivity (Wildman–Crippen MR) is 100 cm³/mol. The lowest BCUT2D eigenvalue weighted by atomic mass is 9.93. The molecule has 0 aliphatic carbocycles. The number of benzene rings is 2. The summed E-state index contributed by atoms with van der Waals surface area (Å²) < 4.78 is 5.39. The third kappa shape index (κ3) is 3.98. The van der Waals surface area contributed by atoms with Gasteiger partial charge in [-0.1, -0.05) is 42.5 Å². The molecule has 1 fully saturated rings. The van der Waals surface area contributed by atoms with Gasteiger partial charge in [-0.15, -0.1) is 0 Å². The van der Waals surface area contributed by atoms with Gasteiger partial charge in [0.25, 0.3) is 0 Å². The summed E-state index contributed by atoms with van der Waals surface area (Å²) in [5.74, 6) is -0.884. The predicted octanol–water partition coefficient (Wildman–Crippen LogP) is 4.09. The highest BCUT2D eigenvalue weighted by Crippen LogP contribution is 2.30. The number of hydrogen-bond acceptors (Lipinski definition) is 3. The number of likely N-dealkylation sites (tertiary alicyclic amines) is 1. The van der Waals surface area contributed by atoms with Gasteiger partial charge in [-0.25, -0.2) is 9.59 Å². The number of carboxylic acid groups (broad SMARTS) is 1. The molecule has 2 atom stereocenters. The van der Waals surface area contributed by atoms with Crippen molar-refractivity contribution in [3.05, 3.63) is 48.0 Å². The van der Waals surface area contributed by atoms with E-state index < -0.39 is 23.7 Å². The molecule has 2 aromatic carbocycles. The molecule has 0 spiro atoms. The lowest BCUT2D eigenvalue weighted by Gasteiger charge is -2.26. The molecule has 26 heavy (non-hydrogen) atoms. The fourth-order valence-electron chi connectivity index (χ4n) is 3.61. The zero-order valence-corrected chi connectivity index (χ0v) is 15.4. The first kappa shape index (κ1) is 18.2. The van der Waals surface area contributed by atoms with Crippen LogP contribution >= 0.6 is 0 Å². The Kier molecular flexibility index (Phi) is 4.90. The Morgan fingerprint density at radius 3 is 2.54 bits per heavy atom. The Morgan fingerprint density at radius 2 is 1.85 bits per heavy atom. The van der Waals surface area contributed by atoms with Crippen molar-refractivity contribution in [2.45, 2.75) is 45.3 Å². The van der Waals surface area contributed by atoms with E-state index in [0.29, 0.717) is 13.0 Å². The molecule has 2 aromatic rings. The number of nitrogens with zero attached hydrogens (tertiary/aromatic N) is 1. The number of aliphatic carboxylic acids is 1. The van der Waals surface area contributed by atoms with Crippen LogP contribution in [0.25, 0.3) is 10.8 Å². The number of amides is 1. The molecule has 0 aromatic heterocycles. The van der Waals surface area contributed by atoms with Crippen LogP contribution in [0.5, 0.6) is 0 Å². The standard InChI is InChI=1S/C21H25NO4/c1-21(2,3)26-20(25)22-13-14(12-18(22)19(23)24)11-16-9-6-8-15-7-4-5-10-17(15)16/h4-10,14,18H,11-13H2,1-3H3,(H,23,24)/t14-,18+/m0/s1. The summed E-state index contributed by atoms with van der Waals surface area (Å²) in [5, 5.41) is 11.9. The van der Waals surface area contributed by atoms with Crippen molar-refractivity contribution in [3.63, 3.8) is 0 Å². The van der Waals surface area contributed by atoms with E-state index in [4.69, 9.17) is 4.74 Å². The monoisotopic (exact) mass is 355 g/mol. The zero-order chi connectivity index (χ0) is 18.9. The molecular formula is C21H25NO4. The first-order valence-corrected chi connectivity index (χ1v) is 8.93. The van der Waals surface area contributed by atoms with Gasteiger partial charge in [0, 0.05) is 6.54 Å². The normalized spacial score (nSPS) is 20.3. The van der Waals surface area contributed by atoms with Crippen LogP contribution in [0, 0.1) is 5.92 Å². The second-order valence-electron chi connectivity index (χ2n) is 7.93. The largest absolute Gasteiger partial charge is 0.480 e. The van der Waals surface area contributed by atoms with E-state index >= 15 is 0 Å². The van der Waals surface area contributed by atoms with Crippen molar-refractivity contribution in [2.75, 3.05) is 6.54 Å². The molecular weight excluding hydrogens is 330 g/mol. The van der Waals surface area contributed by atoms with Crippen molar-refractivity contribution < 1.29 is 19.4 Å². The highest BCUT2D eigenvalue weighted by atomic mass is 16.6. The number of carbonyl (C=O) groups excluding carboxylic acids is 1.